The molecule has 2 heterocycles. The van der Waals surface area contributed by atoms with Crippen molar-refractivity contribution in [3.05, 3.63) is 60.0 Å². The summed E-state index contributed by atoms with van der Waals surface area (Å²) in [5.74, 6) is 0.425. The van der Waals surface area contributed by atoms with Gasteiger partial charge in [-0.25, -0.2) is 4.39 Å². The highest BCUT2D eigenvalue weighted by Gasteiger charge is 2.19. The molecule has 1 aliphatic rings. The Bertz CT molecular complexity index is 821. The van der Waals surface area contributed by atoms with Gasteiger partial charge in [-0.2, -0.15) is 0 Å². The highest BCUT2D eigenvalue weighted by Crippen LogP contribution is 2.39. The van der Waals surface area contributed by atoms with Gasteiger partial charge in [0.1, 0.15) is 5.82 Å². The van der Waals surface area contributed by atoms with E-state index < -0.39 is 0 Å². The normalized spacial score (nSPS) is 16.0. The molecule has 1 aromatic heterocycles. The number of H-pyrrole nitrogens is 1. The Morgan fingerprint density at radius 1 is 1.00 bits per heavy atom. The second-order valence-corrected chi connectivity index (χ2v) is 7.09. The van der Waals surface area contributed by atoms with Crippen LogP contribution in [-0.4, -0.2) is 18.1 Å². The zero-order valence-electron chi connectivity index (χ0n) is 12.8. The Morgan fingerprint density at radius 3 is 2.70 bits per heavy atom. The van der Waals surface area contributed by atoms with E-state index in [0.29, 0.717) is 5.92 Å². The number of nitrogens with one attached hydrogen (secondary N) is 2. The molecule has 0 saturated carbocycles. The third kappa shape index (κ3) is 3.01. The number of fused-ring (bicyclic) bond motifs is 1. The first-order chi connectivity index (χ1) is 11.3. The van der Waals surface area contributed by atoms with Gasteiger partial charge in [-0.3, -0.25) is 0 Å². The van der Waals surface area contributed by atoms with Gasteiger partial charge in [0.15, 0.2) is 0 Å². The van der Waals surface area contributed by atoms with Crippen LogP contribution in [0.3, 0.4) is 0 Å². The molecule has 0 spiro atoms. The summed E-state index contributed by atoms with van der Waals surface area (Å²) < 4.78 is 13.3. The number of aromatic amines is 1. The predicted molar refractivity (Wildman–Crippen MR) is 93.7 cm³/mol. The molecule has 3 aromatic rings. The molecule has 118 valence electrons. The molecular formula is C19H19FN2S. The summed E-state index contributed by atoms with van der Waals surface area (Å²) in [5, 5.41) is 4.51. The van der Waals surface area contributed by atoms with Gasteiger partial charge in [0, 0.05) is 26.9 Å². The van der Waals surface area contributed by atoms with Crippen molar-refractivity contribution in [3.63, 3.8) is 0 Å². The fraction of sp³-hybridized carbons (Fsp3) is 0.263. The summed E-state index contributed by atoms with van der Waals surface area (Å²) in [6.07, 6.45) is 4.36. The molecule has 4 rings (SSSR count). The zero-order chi connectivity index (χ0) is 15.6. The Balaban J connectivity index is 1.68. The van der Waals surface area contributed by atoms with E-state index in [4.69, 9.17) is 0 Å². The van der Waals surface area contributed by atoms with Crippen LogP contribution in [0.4, 0.5) is 4.39 Å². The molecule has 2 aromatic carbocycles. The van der Waals surface area contributed by atoms with Crippen molar-refractivity contribution in [2.24, 2.45) is 0 Å². The lowest BCUT2D eigenvalue weighted by atomic mass is 9.90. The van der Waals surface area contributed by atoms with Gasteiger partial charge in [0.25, 0.3) is 0 Å². The minimum Gasteiger partial charge on any atom is -0.360 e. The number of hydrogen-bond acceptors (Lipinski definition) is 2. The van der Waals surface area contributed by atoms with E-state index in [0.717, 1.165) is 28.9 Å². The molecule has 4 heteroatoms. The fourth-order valence-electron chi connectivity index (χ4n) is 3.32. The number of aromatic nitrogens is 1. The van der Waals surface area contributed by atoms with Gasteiger partial charge in [0.05, 0.1) is 0 Å². The number of hydrogen-bond donors (Lipinski definition) is 2. The highest BCUT2D eigenvalue weighted by atomic mass is 32.2. The van der Waals surface area contributed by atoms with Crippen molar-refractivity contribution in [1.82, 2.24) is 10.3 Å². The van der Waals surface area contributed by atoms with Crippen molar-refractivity contribution in [2.45, 2.75) is 28.6 Å². The lowest BCUT2D eigenvalue weighted by Gasteiger charge is -2.24. The van der Waals surface area contributed by atoms with Crippen molar-refractivity contribution in [1.29, 1.82) is 0 Å². The molecular weight excluding hydrogens is 307 g/mol. The average molecular weight is 326 g/mol. The minimum absolute atomic E-state index is 0.203. The zero-order valence-corrected chi connectivity index (χ0v) is 13.6. The van der Waals surface area contributed by atoms with Crippen molar-refractivity contribution >= 4 is 22.7 Å². The summed E-state index contributed by atoms with van der Waals surface area (Å²) in [6, 6.07) is 13.6. The third-order valence-electron chi connectivity index (χ3n) is 4.52. The van der Waals surface area contributed by atoms with Crippen LogP contribution in [0.15, 0.2) is 58.5 Å². The predicted octanol–water partition coefficient (Wildman–Crippen LogP) is 4.93. The minimum atomic E-state index is -0.203. The maximum Gasteiger partial charge on any atom is 0.125 e. The number of benzene rings is 2. The third-order valence-corrected chi connectivity index (χ3v) is 5.67. The molecule has 0 unspecified atom stereocenters. The largest absolute Gasteiger partial charge is 0.360 e. The summed E-state index contributed by atoms with van der Waals surface area (Å²) in [4.78, 5) is 5.64. The van der Waals surface area contributed by atoms with Crippen molar-refractivity contribution in [3.8, 4) is 0 Å². The summed E-state index contributed by atoms with van der Waals surface area (Å²) in [5.41, 5.74) is 2.29. The smallest absolute Gasteiger partial charge is 0.125 e. The molecule has 2 N–H and O–H groups in total. The Kier molecular flexibility index (Phi) is 4.10. The average Bonchev–Trinajstić information content (AvgIpc) is 2.98. The molecule has 1 aliphatic heterocycles. The highest BCUT2D eigenvalue weighted by molar-refractivity contribution is 7.99. The molecule has 1 fully saturated rings. The lowest BCUT2D eigenvalue weighted by Crippen LogP contribution is -2.26. The van der Waals surface area contributed by atoms with E-state index >= 15 is 0 Å². The SMILES string of the molecule is Fc1ccc2c(Sc3ccccc3C3CCNCC3)c[nH]c2c1. The van der Waals surface area contributed by atoms with Crippen LogP contribution < -0.4 is 5.32 Å². The van der Waals surface area contributed by atoms with Crippen LogP contribution in [0.25, 0.3) is 10.9 Å². The van der Waals surface area contributed by atoms with E-state index in [9.17, 15) is 4.39 Å². The van der Waals surface area contributed by atoms with Crippen LogP contribution >= 0.6 is 11.8 Å². The van der Waals surface area contributed by atoms with Crippen LogP contribution in [0.2, 0.25) is 0 Å². The topological polar surface area (TPSA) is 27.8 Å². The number of piperidine rings is 1. The van der Waals surface area contributed by atoms with E-state index in [1.165, 1.54) is 29.4 Å². The van der Waals surface area contributed by atoms with Gasteiger partial charge in [-0.05, 0) is 61.7 Å². The molecule has 23 heavy (non-hydrogen) atoms. The number of halogens is 1. The quantitative estimate of drug-likeness (QED) is 0.714. The van der Waals surface area contributed by atoms with E-state index in [1.54, 1.807) is 17.8 Å². The molecule has 0 amide bonds. The van der Waals surface area contributed by atoms with Crippen molar-refractivity contribution in [2.75, 3.05) is 13.1 Å². The van der Waals surface area contributed by atoms with Crippen molar-refractivity contribution < 1.29 is 4.39 Å². The maximum absolute atomic E-state index is 13.3. The first kappa shape index (κ1) is 14.8. The fourth-order valence-corrected chi connectivity index (χ4v) is 4.46. The molecule has 0 radical (unpaired) electrons. The lowest BCUT2D eigenvalue weighted by molar-refractivity contribution is 0.456. The van der Waals surface area contributed by atoms with Crippen LogP contribution in [-0.2, 0) is 0 Å². The molecule has 2 nitrogen and oxygen atoms in total. The second-order valence-electron chi connectivity index (χ2n) is 6.01. The van der Waals surface area contributed by atoms with Crippen LogP contribution in [0, 0.1) is 5.82 Å². The first-order valence-corrected chi connectivity index (χ1v) is 8.87. The monoisotopic (exact) mass is 326 g/mol. The van der Waals surface area contributed by atoms with Gasteiger partial charge in [0.2, 0.25) is 0 Å². The maximum atomic E-state index is 13.3. The first-order valence-electron chi connectivity index (χ1n) is 8.05. The second kappa shape index (κ2) is 6.38. The Morgan fingerprint density at radius 2 is 1.83 bits per heavy atom. The standard InChI is InChI=1S/C19H19FN2S/c20-14-5-6-16-17(11-14)22-12-19(16)23-18-4-2-1-3-15(18)13-7-9-21-10-8-13/h1-6,11-13,21-22H,7-10H2. The molecule has 0 bridgehead atoms. The Hall–Kier alpha value is -1.78. The molecule has 0 atom stereocenters. The summed E-state index contributed by atoms with van der Waals surface area (Å²) >= 11 is 1.78. The van der Waals surface area contributed by atoms with E-state index in [2.05, 4.69) is 34.6 Å². The number of rotatable bonds is 3. The van der Waals surface area contributed by atoms with Gasteiger partial charge >= 0.3 is 0 Å². The van der Waals surface area contributed by atoms with Gasteiger partial charge in [-0.1, -0.05) is 30.0 Å². The Labute approximate surface area is 139 Å². The summed E-state index contributed by atoms with van der Waals surface area (Å²) in [6.45, 7) is 2.19. The molecule has 1 saturated heterocycles. The van der Waals surface area contributed by atoms with E-state index in [-0.39, 0.29) is 5.82 Å². The van der Waals surface area contributed by atoms with Gasteiger partial charge < -0.3 is 10.3 Å². The van der Waals surface area contributed by atoms with Crippen LogP contribution in [0.5, 0.6) is 0 Å². The van der Waals surface area contributed by atoms with Crippen LogP contribution in [0.1, 0.15) is 24.3 Å². The summed E-state index contributed by atoms with van der Waals surface area (Å²) in [7, 11) is 0. The van der Waals surface area contributed by atoms with E-state index in [1.807, 2.05) is 12.3 Å². The molecule has 0 aliphatic carbocycles. The van der Waals surface area contributed by atoms with Gasteiger partial charge in [-0.15, -0.1) is 0 Å².